The van der Waals surface area contributed by atoms with Crippen LogP contribution in [0.15, 0.2) is 53.6 Å². The van der Waals surface area contributed by atoms with Gasteiger partial charge >= 0.3 is 0 Å². The number of fused-ring (bicyclic) bond motifs is 1. The summed E-state index contributed by atoms with van der Waals surface area (Å²) in [5, 5.41) is 3.43. The van der Waals surface area contributed by atoms with Gasteiger partial charge < -0.3 is 5.32 Å². The molecule has 25 heavy (non-hydrogen) atoms. The van der Waals surface area contributed by atoms with E-state index in [-0.39, 0.29) is 23.8 Å². The van der Waals surface area contributed by atoms with Gasteiger partial charge in [0.2, 0.25) is 5.91 Å². The van der Waals surface area contributed by atoms with E-state index in [1.807, 2.05) is 0 Å². The number of amides is 1. The zero-order chi connectivity index (χ0) is 18.0. The lowest BCUT2D eigenvalue weighted by Crippen LogP contribution is -2.24. The zero-order valence-corrected chi connectivity index (χ0v) is 14.1. The minimum Gasteiger partial charge on any atom is -0.326 e. The van der Waals surface area contributed by atoms with Gasteiger partial charge in [0.15, 0.2) is 5.78 Å². The van der Waals surface area contributed by atoms with Gasteiger partial charge in [0.05, 0.1) is 23.8 Å². The average Bonchev–Trinajstić information content (AvgIpc) is 2.58. The molecule has 0 saturated heterocycles. The molecule has 1 heterocycles. The lowest BCUT2D eigenvalue weighted by molar-refractivity contribution is -0.114. The number of ketones is 1. The predicted octanol–water partition coefficient (Wildman–Crippen LogP) is 2.89. The average molecular weight is 356 g/mol. The van der Waals surface area contributed by atoms with Crippen molar-refractivity contribution in [2.45, 2.75) is 13.5 Å². The molecule has 0 radical (unpaired) electrons. The van der Waals surface area contributed by atoms with Crippen LogP contribution >= 0.6 is 11.6 Å². The first-order chi connectivity index (χ1) is 11.9. The molecule has 126 valence electrons. The third kappa shape index (κ3) is 3.75. The Morgan fingerprint density at radius 2 is 1.88 bits per heavy atom. The molecule has 0 aliphatic carbocycles. The second-order valence-corrected chi connectivity index (χ2v) is 5.96. The van der Waals surface area contributed by atoms with Crippen molar-refractivity contribution in [3.05, 3.63) is 69.7 Å². The van der Waals surface area contributed by atoms with Crippen molar-refractivity contribution in [3.63, 3.8) is 0 Å². The van der Waals surface area contributed by atoms with E-state index in [0.29, 0.717) is 27.2 Å². The van der Waals surface area contributed by atoms with Gasteiger partial charge in [-0.3, -0.25) is 19.0 Å². The van der Waals surface area contributed by atoms with Gasteiger partial charge in [0.1, 0.15) is 0 Å². The highest BCUT2D eigenvalue weighted by atomic mass is 35.5. The highest BCUT2D eigenvalue weighted by molar-refractivity contribution is 6.31. The SMILES string of the molecule is CC(=O)Nc1ccc(C(=O)Cn2cnc3ccc(Cl)cc3c2=O)cc1. The molecular weight excluding hydrogens is 342 g/mol. The Morgan fingerprint density at radius 3 is 2.56 bits per heavy atom. The molecule has 0 unspecified atom stereocenters. The molecule has 0 spiro atoms. The Kier molecular flexibility index (Phi) is 4.63. The van der Waals surface area contributed by atoms with Gasteiger partial charge in [-0.1, -0.05) is 11.6 Å². The number of halogens is 1. The van der Waals surface area contributed by atoms with E-state index in [2.05, 4.69) is 10.3 Å². The Hall–Kier alpha value is -2.99. The maximum absolute atomic E-state index is 12.5. The monoisotopic (exact) mass is 355 g/mol. The molecule has 1 aromatic heterocycles. The number of nitrogens with one attached hydrogen (secondary N) is 1. The molecule has 2 aromatic carbocycles. The summed E-state index contributed by atoms with van der Waals surface area (Å²) in [6, 6.07) is 11.3. The molecule has 1 N–H and O–H groups in total. The molecule has 0 atom stereocenters. The third-order valence-corrected chi connectivity index (χ3v) is 3.86. The Labute approximate surface area is 148 Å². The first-order valence-corrected chi connectivity index (χ1v) is 7.87. The number of carbonyl (C=O) groups is 2. The Morgan fingerprint density at radius 1 is 1.16 bits per heavy atom. The normalized spacial score (nSPS) is 10.6. The van der Waals surface area contributed by atoms with Crippen LogP contribution in [0.25, 0.3) is 10.9 Å². The summed E-state index contributed by atoms with van der Waals surface area (Å²) in [6.45, 7) is 1.28. The first-order valence-electron chi connectivity index (χ1n) is 7.49. The summed E-state index contributed by atoms with van der Waals surface area (Å²) in [4.78, 5) is 40.1. The molecule has 3 rings (SSSR count). The van der Waals surface area contributed by atoms with Crippen molar-refractivity contribution in [2.24, 2.45) is 0 Å². The third-order valence-electron chi connectivity index (χ3n) is 3.63. The number of benzene rings is 2. The summed E-state index contributed by atoms with van der Waals surface area (Å²) < 4.78 is 1.25. The number of carbonyl (C=O) groups excluding carboxylic acids is 2. The number of nitrogens with zero attached hydrogens (tertiary/aromatic N) is 2. The predicted molar refractivity (Wildman–Crippen MR) is 96.1 cm³/mol. The fourth-order valence-corrected chi connectivity index (χ4v) is 2.60. The maximum Gasteiger partial charge on any atom is 0.261 e. The fourth-order valence-electron chi connectivity index (χ4n) is 2.43. The molecule has 1 amide bonds. The highest BCUT2D eigenvalue weighted by Gasteiger charge is 2.11. The van der Waals surface area contributed by atoms with Crippen molar-refractivity contribution >= 4 is 39.9 Å². The first kappa shape index (κ1) is 16.9. The minimum absolute atomic E-state index is 0.131. The largest absolute Gasteiger partial charge is 0.326 e. The summed E-state index contributed by atoms with van der Waals surface area (Å²) in [6.07, 6.45) is 1.35. The number of hydrogen-bond donors (Lipinski definition) is 1. The van der Waals surface area contributed by atoms with Crippen molar-refractivity contribution in [3.8, 4) is 0 Å². The van der Waals surface area contributed by atoms with Crippen LogP contribution in [-0.4, -0.2) is 21.2 Å². The minimum atomic E-state index is -0.323. The smallest absolute Gasteiger partial charge is 0.261 e. The number of hydrogen-bond acceptors (Lipinski definition) is 4. The highest BCUT2D eigenvalue weighted by Crippen LogP contribution is 2.14. The van der Waals surface area contributed by atoms with E-state index in [1.54, 1.807) is 36.4 Å². The lowest BCUT2D eigenvalue weighted by atomic mass is 10.1. The molecule has 0 aliphatic heterocycles. The summed E-state index contributed by atoms with van der Waals surface area (Å²) >= 11 is 5.92. The quantitative estimate of drug-likeness (QED) is 0.730. The standard InChI is InChI=1S/C18H14ClN3O3/c1-11(23)21-14-5-2-12(3-6-14)17(24)9-22-10-20-16-7-4-13(19)8-15(16)18(22)25/h2-8,10H,9H2,1H3,(H,21,23). The number of aromatic nitrogens is 2. The van der Waals surface area contributed by atoms with E-state index in [1.165, 1.54) is 23.9 Å². The summed E-state index contributed by atoms with van der Waals surface area (Å²) in [5.41, 5.74) is 1.24. The van der Waals surface area contributed by atoms with Crippen LogP contribution in [0.5, 0.6) is 0 Å². The van der Waals surface area contributed by atoms with Gasteiger partial charge in [-0.05, 0) is 42.5 Å². The van der Waals surface area contributed by atoms with Crippen molar-refractivity contribution in [2.75, 3.05) is 5.32 Å². The fraction of sp³-hybridized carbons (Fsp3) is 0.111. The maximum atomic E-state index is 12.5. The van der Waals surface area contributed by atoms with Gasteiger partial charge in [0.25, 0.3) is 5.56 Å². The number of rotatable bonds is 4. The number of Topliss-reactive ketones (excluding diaryl/α,β-unsaturated/α-hetero) is 1. The van der Waals surface area contributed by atoms with Crippen LogP contribution in [0, 0.1) is 0 Å². The second-order valence-electron chi connectivity index (χ2n) is 5.52. The molecular formula is C18H14ClN3O3. The van der Waals surface area contributed by atoms with Gasteiger partial charge in [-0.15, -0.1) is 0 Å². The van der Waals surface area contributed by atoms with Gasteiger partial charge in [-0.2, -0.15) is 0 Å². The van der Waals surface area contributed by atoms with E-state index >= 15 is 0 Å². The Bertz CT molecular complexity index is 1030. The molecule has 0 saturated carbocycles. The zero-order valence-electron chi connectivity index (χ0n) is 13.3. The topological polar surface area (TPSA) is 81.1 Å². The van der Waals surface area contributed by atoms with E-state index < -0.39 is 0 Å². The summed E-state index contributed by atoms with van der Waals surface area (Å²) in [5.74, 6) is -0.425. The van der Waals surface area contributed by atoms with Gasteiger partial charge in [0, 0.05) is 23.2 Å². The van der Waals surface area contributed by atoms with Crippen LogP contribution in [0.3, 0.4) is 0 Å². The van der Waals surface area contributed by atoms with Crippen LogP contribution in [0.1, 0.15) is 17.3 Å². The lowest BCUT2D eigenvalue weighted by Gasteiger charge is -2.07. The number of anilines is 1. The second kappa shape index (κ2) is 6.86. The molecule has 0 bridgehead atoms. The van der Waals surface area contributed by atoms with Crippen LogP contribution in [0.2, 0.25) is 5.02 Å². The molecule has 6 nitrogen and oxygen atoms in total. The van der Waals surface area contributed by atoms with E-state index in [4.69, 9.17) is 11.6 Å². The van der Waals surface area contributed by atoms with Crippen molar-refractivity contribution in [1.82, 2.24) is 9.55 Å². The van der Waals surface area contributed by atoms with Crippen molar-refractivity contribution < 1.29 is 9.59 Å². The Balaban J connectivity index is 1.85. The molecule has 0 fully saturated rings. The molecule has 3 aromatic rings. The van der Waals surface area contributed by atoms with Crippen LogP contribution < -0.4 is 10.9 Å². The van der Waals surface area contributed by atoms with E-state index in [0.717, 1.165) is 0 Å². The summed E-state index contributed by atoms with van der Waals surface area (Å²) in [7, 11) is 0. The van der Waals surface area contributed by atoms with Gasteiger partial charge in [-0.25, -0.2) is 4.98 Å². The molecule has 0 aliphatic rings. The van der Waals surface area contributed by atoms with Crippen molar-refractivity contribution in [1.29, 1.82) is 0 Å². The van der Waals surface area contributed by atoms with Crippen LogP contribution in [0.4, 0.5) is 5.69 Å². The van der Waals surface area contributed by atoms with Crippen LogP contribution in [-0.2, 0) is 11.3 Å². The van der Waals surface area contributed by atoms with E-state index in [9.17, 15) is 14.4 Å². The molecule has 7 heteroatoms.